The van der Waals surface area contributed by atoms with Crippen LogP contribution in [0.25, 0.3) is 0 Å². The summed E-state index contributed by atoms with van der Waals surface area (Å²) in [6.45, 7) is 9.67. The van der Waals surface area contributed by atoms with Crippen LogP contribution >= 0.6 is 0 Å². The average molecular weight is 235 g/mol. The van der Waals surface area contributed by atoms with Gasteiger partial charge in [-0.25, -0.2) is 0 Å². The predicted molar refractivity (Wildman–Crippen MR) is 70.3 cm³/mol. The Morgan fingerprint density at radius 1 is 1.12 bits per heavy atom. The molecule has 0 aliphatic rings. The molecule has 0 fully saturated rings. The van der Waals surface area contributed by atoms with Crippen molar-refractivity contribution in [2.75, 3.05) is 5.73 Å². The largest absolute Gasteiger partial charge is 0.426 e. The van der Waals surface area contributed by atoms with Gasteiger partial charge in [-0.1, -0.05) is 27.7 Å². The number of esters is 1. The lowest BCUT2D eigenvalue weighted by Gasteiger charge is -2.19. The molecule has 0 atom stereocenters. The molecule has 0 unspecified atom stereocenters. The van der Waals surface area contributed by atoms with Gasteiger partial charge in [0.05, 0.1) is 0 Å². The topological polar surface area (TPSA) is 52.3 Å². The summed E-state index contributed by atoms with van der Waals surface area (Å²) in [5.74, 6) is 0.922. The van der Waals surface area contributed by atoms with Gasteiger partial charge in [0.25, 0.3) is 0 Å². The molecule has 3 heteroatoms. The van der Waals surface area contributed by atoms with Crippen LogP contribution in [0.5, 0.6) is 5.75 Å². The standard InChI is InChI=1S/C14H21NO2/c1-8(2)12-6-11(15)7-13(9(3)4)14(12)17-10(5)16/h6-9H,15H2,1-5H3. The summed E-state index contributed by atoms with van der Waals surface area (Å²) >= 11 is 0. The van der Waals surface area contributed by atoms with Crippen LogP contribution in [-0.4, -0.2) is 5.97 Å². The molecule has 0 saturated carbocycles. The van der Waals surface area contributed by atoms with Crippen LogP contribution in [-0.2, 0) is 4.79 Å². The molecule has 2 N–H and O–H groups in total. The normalized spacial score (nSPS) is 11.0. The molecule has 1 rings (SSSR count). The minimum absolute atomic E-state index is 0.269. The lowest BCUT2D eigenvalue weighted by Crippen LogP contribution is -2.09. The molecule has 17 heavy (non-hydrogen) atoms. The van der Waals surface area contributed by atoms with Crippen LogP contribution in [0, 0.1) is 0 Å². The van der Waals surface area contributed by atoms with Crippen molar-refractivity contribution in [3.05, 3.63) is 23.3 Å². The quantitative estimate of drug-likeness (QED) is 0.496. The van der Waals surface area contributed by atoms with E-state index in [4.69, 9.17) is 10.5 Å². The Labute approximate surface area is 103 Å². The Kier molecular flexibility index (Phi) is 4.16. The number of ether oxygens (including phenoxy) is 1. The highest BCUT2D eigenvalue weighted by Gasteiger charge is 2.17. The molecule has 1 aromatic rings. The van der Waals surface area contributed by atoms with Gasteiger partial charge in [0.15, 0.2) is 0 Å². The molecule has 1 aromatic carbocycles. The predicted octanol–water partition coefficient (Wildman–Crippen LogP) is 3.44. The number of benzene rings is 1. The van der Waals surface area contributed by atoms with E-state index in [1.807, 2.05) is 12.1 Å². The Bertz CT molecular complexity index is 393. The van der Waals surface area contributed by atoms with Gasteiger partial charge < -0.3 is 10.5 Å². The Balaban J connectivity index is 3.41. The van der Waals surface area contributed by atoms with Crippen LogP contribution in [0.2, 0.25) is 0 Å². The van der Waals surface area contributed by atoms with Gasteiger partial charge in [-0.3, -0.25) is 4.79 Å². The highest BCUT2D eigenvalue weighted by Crippen LogP contribution is 2.36. The number of hydrogen-bond donors (Lipinski definition) is 1. The number of carbonyl (C=O) groups excluding carboxylic acids is 1. The van der Waals surface area contributed by atoms with Crippen molar-refractivity contribution in [1.82, 2.24) is 0 Å². The third-order valence-electron chi connectivity index (χ3n) is 2.66. The maximum absolute atomic E-state index is 11.2. The Hall–Kier alpha value is -1.51. The van der Waals surface area contributed by atoms with E-state index in [9.17, 15) is 4.79 Å². The van der Waals surface area contributed by atoms with Crippen molar-refractivity contribution in [3.8, 4) is 5.75 Å². The summed E-state index contributed by atoms with van der Waals surface area (Å²) in [5, 5.41) is 0. The third-order valence-corrected chi connectivity index (χ3v) is 2.66. The molecule has 0 heterocycles. The lowest BCUT2D eigenvalue weighted by molar-refractivity contribution is -0.132. The van der Waals surface area contributed by atoms with E-state index in [-0.39, 0.29) is 17.8 Å². The minimum Gasteiger partial charge on any atom is -0.426 e. The molecule has 0 aromatic heterocycles. The van der Waals surface area contributed by atoms with E-state index < -0.39 is 0 Å². The third kappa shape index (κ3) is 3.22. The van der Waals surface area contributed by atoms with E-state index in [2.05, 4.69) is 27.7 Å². The highest BCUT2D eigenvalue weighted by atomic mass is 16.5. The van der Waals surface area contributed by atoms with Gasteiger partial charge in [0, 0.05) is 12.6 Å². The average Bonchev–Trinajstić information content (AvgIpc) is 2.18. The summed E-state index contributed by atoms with van der Waals surface area (Å²) in [5.41, 5.74) is 8.59. The van der Waals surface area contributed by atoms with Gasteiger partial charge in [-0.15, -0.1) is 0 Å². The Morgan fingerprint density at radius 2 is 1.53 bits per heavy atom. The summed E-state index contributed by atoms with van der Waals surface area (Å²) in [4.78, 5) is 11.2. The van der Waals surface area contributed by atoms with E-state index in [0.29, 0.717) is 11.4 Å². The summed E-state index contributed by atoms with van der Waals surface area (Å²) < 4.78 is 5.36. The molecule has 0 amide bonds. The van der Waals surface area contributed by atoms with Gasteiger partial charge >= 0.3 is 5.97 Å². The smallest absolute Gasteiger partial charge is 0.308 e. The first-order chi connectivity index (χ1) is 7.82. The first-order valence-corrected chi connectivity index (χ1v) is 5.94. The molecule has 0 spiro atoms. The zero-order valence-electron chi connectivity index (χ0n) is 11.2. The second-order valence-corrected chi connectivity index (χ2v) is 4.93. The fourth-order valence-electron chi connectivity index (χ4n) is 1.82. The second kappa shape index (κ2) is 5.21. The van der Waals surface area contributed by atoms with Crippen molar-refractivity contribution < 1.29 is 9.53 Å². The van der Waals surface area contributed by atoms with Crippen molar-refractivity contribution in [2.24, 2.45) is 0 Å². The van der Waals surface area contributed by atoms with Gasteiger partial charge in [0.2, 0.25) is 0 Å². The van der Waals surface area contributed by atoms with Crippen molar-refractivity contribution in [1.29, 1.82) is 0 Å². The maximum Gasteiger partial charge on any atom is 0.308 e. The molecule has 0 aliphatic carbocycles. The number of rotatable bonds is 3. The van der Waals surface area contributed by atoms with Crippen LogP contribution in [0.3, 0.4) is 0 Å². The summed E-state index contributed by atoms with van der Waals surface area (Å²) in [7, 11) is 0. The van der Waals surface area contributed by atoms with E-state index in [1.165, 1.54) is 6.92 Å². The minimum atomic E-state index is -0.293. The van der Waals surface area contributed by atoms with E-state index in [1.54, 1.807) is 0 Å². The number of anilines is 1. The van der Waals surface area contributed by atoms with Crippen molar-refractivity contribution >= 4 is 11.7 Å². The van der Waals surface area contributed by atoms with Gasteiger partial charge in [0.1, 0.15) is 5.75 Å². The van der Waals surface area contributed by atoms with E-state index >= 15 is 0 Å². The van der Waals surface area contributed by atoms with E-state index in [0.717, 1.165) is 11.1 Å². The maximum atomic E-state index is 11.2. The number of nitrogens with two attached hydrogens (primary N) is 1. The number of hydrogen-bond acceptors (Lipinski definition) is 3. The SMILES string of the molecule is CC(=O)Oc1c(C(C)C)cc(N)cc1C(C)C. The monoisotopic (exact) mass is 235 g/mol. The molecule has 0 bridgehead atoms. The van der Waals surface area contributed by atoms with Crippen LogP contribution in [0.4, 0.5) is 5.69 Å². The zero-order chi connectivity index (χ0) is 13.2. The van der Waals surface area contributed by atoms with Crippen LogP contribution in [0.15, 0.2) is 12.1 Å². The molecule has 0 radical (unpaired) electrons. The lowest BCUT2D eigenvalue weighted by atomic mass is 9.93. The number of nitrogen functional groups attached to an aromatic ring is 1. The molecular weight excluding hydrogens is 214 g/mol. The molecule has 94 valence electrons. The first-order valence-electron chi connectivity index (χ1n) is 5.94. The fraction of sp³-hybridized carbons (Fsp3) is 0.500. The summed E-state index contributed by atoms with van der Waals surface area (Å²) in [6, 6.07) is 3.77. The zero-order valence-corrected chi connectivity index (χ0v) is 11.2. The first kappa shape index (κ1) is 13.6. The highest BCUT2D eigenvalue weighted by molar-refractivity contribution is 5.71. The van der Waals surface area contributed by atoms with Crippen molar-refractivity contribution in [3.63, 3.8) is 0 Å². The molecule has 0 aliphatic heterocycles. The fourth-order valence-corrected chi connectivity index (χ4v) is 1.82. The van der Waals surface area contributed by atoms with Gasteiger partial charge in [-0.05, 0) is 35.1 Å². The van der Waals surface area contributed by atoms with Crippen molar-refractivity contribution in [2.45, 2.75) is 46.5 Å². The summed E-state index contributed by atoms with van der Waals surface area (Å²) in [6.07, 6.45) is 0. The Morgan fingerprint density at radius 3 is 1.82 bits per heavy atom. The molecular formula is C14H21NO2. The van der Waals surface area contributed by atoms with Gasteiger partial charge in [-0.2, -0.15) is 0 Å². The number of carbonyl (C=O) groups is 1. The second-order valence-electron chi connectivity index (χ2n) is 4.93. The molecule has 0 saturated heterocycles. The molecule has 3 nitrogen and oxygen atoms in total. The van der Waals surface area contributed by atoms with Crippen LogP contribution in [0.1, 0.15) is 57.6 Å². The van der Waals surface area contributed by atoms with Crippen LogP contribution < -0.4 is 10.5 Å².